The second-order valence-electron chi connectivity index (χ2n) is 8.22. The van der Waals surface area contributed by atoms with Gasteiger partial charge in [-0.3, -0.25) is 0 Å². The Morgan fingerprint density at radius 2 is 1.55 bits per heavy atom. The van der Waals surface area contributed by atoms with Gasteiger partial charge in [0.25, 0.3) is 0 Å². The van der Waals surface area contributed by atoms with E-state index in [4.69, 9.17) is 0 Å². The summed E-state index contributed by atoms with van der Waals surface area (Å²) in [6.07, 6.45) is 9.68. The van der Waals surface area contributed by atoms with Crippen LogP contribution < -0.4 is 0 Å². The van der Waals surface area contributed by atoms with Crippen molar-refractivity contribution in [3.63, 3.8) is 0 Å². The van der Waals surface area contributed by atoms with Crippen molar-refractivity contribution >= 4 is 11.3 Å². The van der Waals surface area contributed by atoms with E-state index in [1.165, 1.54) is 66.0 Å². The first kappa shape index (κ1) is 20.3. The molecule has 0 atom stereocenters. The van der Waals surface area contributed by atoms with Crippen LogP contribution in [0.25, 0.3) is 21.6 Å². The molecule has 1 saturated carbocycles. The highest BCUT2D eigenvalue weighted by Gasteiger charge is 2.18. The topological polar surface area (TPSA) is 0 Å². The Morgan fingerprint density at radius 3 is 2.21 bits per heavy atom. The van der Waals surface area contributed by atoms with Gasteiger partial charge >= 0.3 is 0 Å². The fourth-order valence-electron chi connectivity index (χ4n) is 4.42. The van der Waals surface area contributed by atoms with Gasteiger partial charge in [-0.25, -0.2) is 8.78 Å². The lowest BCUT2D eigenvalue weighted by Crippen LogP contribution is -1.94. The highest BCUT2D eigenvalue weighted by Crippen LogP contribution is 2.36. The van der Waals surface area contributed by atoms with Crippen LogP contribution in [0.5, 0.6) is 0 Å². The lowest BCUT2D eigenvalue weighted by atomic mass is 10.00. The van der Waals surface area contributed by atoms with Crippen molar-refractivity contribution in [2.24, 2.45) is 5.92 Å². The molecule has 3 aromatic rings. The summed E-state index contributed by atoms with van der Waals surface area (Å²) in [5.74, 6) is -0.138. The second kappa shape index (κ2) is 9.21. The number of hydrogen-bond donors (Lipinski definition) is 0. The molecular weight excluding hydrogens is 382 g/mol. The van der Waals surface area contributed by atoms with Gasteiger partial charge in [-0.1, -0.05) is 63.3 Å². The van der Waals surface area contributed by atoms with Crippen molar-refractivity contribution in [1.29, 1.82) is 0 Å². The van der Waals surface area contributed by atoms with Gasteiger partial charge in [-0.15, -0.1) is 11.3 Å². The van der Waals surface area contributed by atoms with E-state index in [-0.39, 0.29) is 5.56 Å². The Hall–Kier alpha value is -2.00. The van der Waals surface area contributed by atoms with Crippen molar-refractivity contribution in [2.45, 2.75) is 58.3 Å². The van der Waals surface area contributed by atoms with Gasteiger partial charge in [-0.05, 0) is 66.1 Å². The molecule has 0 aliphatic heterocycles. The maximum absolute atomic E-state index is 14.9. The van der Waals surface area contributed by atoms with Crippen LogP contribution in [-0.2, 0) is 12.8 Å². The molecule has 4 rings (SSSR count). The fraction of sp³-hybridized carbons (Fsp3) is 0.385. The summed E-state index contributed by atoms with van der Waals surface area (Å²) in [4.78, 5) is 1.91. The zero-order valence-corrected chi connectivity index (χ0v) is 17.8. The maximum Gasteiger partial charge on any atom is 0.135 e. The molecular formula is C26H28F2S. The third-order valence-electron chi connectivity index (χ3n) is 6.05. The maximum atomic E-state index is 14.9. The molecule has 0 nitrogen and oxygen atoms in total. The molecule has 0 radical (unpaired) electrons. The van der Waals surface area contributed by atoms with E-state index in [0.717, 1.165) is 30.7 Å². The van der Waals surface area contributed by atoms with E-state index in [0.29, 0.717) is 10.4 Å². The number of halogens is 2. The monoisotopic (exact) mass is 410 g/mol. The van der Waals surface area contributed by atoms with Crippen LogP contribution >= 0.6 is 11.3 Å². The van der Waals surface area contributed by atoms with E-state index in [2.05, 4.69) is 6.92 Å². The van der Waals surface area contributed by atoms with E-state index in [1.54, 1.807) is 0 Å². The lowest BCUT2D eigenvalue weighted by molar-refractivity contribution is 0.506. The molecule has 0 bridgehead atoms. The Labute approximate surface area is 176 Å². The first-order valence-corrected chi connectivity index (χ1v) is 11.6. The summed E-state index contributed by atoms with van der Waals surface area (Å²) in [6.45, 7) is 2.14. The van der Waals surface area contributed by atoms with Crippen LogP contribution in [0.3, 0.4) is 0 Å². The first-order valence-electron chi connectivity index (χ1n) is 10.8. The molecule has 3 heteroatoms. The highest BCUT2D eigenvalue weighted by atomic mass is 32.1. The predicted octanol–water partition coefficient (Wildman–Crippen LogP) is 8.44. The number of benzene rings is 2. The summed E-state index contributed by atoms with van der Waals surface area (Å²) in [7, 11) is 0. The molecule has 0 saturated heterocycles. The zero-order valence-electron chi connectivity index (χ0n) is 17.0. The molecule has 1 aromatic heterocycles. The fourth-order valence-corrected chi connectivity index (χ4v) is 5.49. The van der Waals surface area contributed by atoms with Gasteiger partial charge in [0, 0.05) is 9.75 Å². The van der Waals surface area contributed by atoms with E-state index in [1.807, 2.05) is 36.4 Å². The molecule has 0 amide bonds. The van der Waals surface area contributed by atoms with Gasteiger partial charge in [0.1, 0.15) is 11.6 Å². The molecule has 0 unspecified atom stereocenters. The van der Waals surface area contributed by atoms with Crippen molar-refractivity contribution < 1.29 is 8.78 Å². The number of rotatable bonds is 7. The number of hydrogen-bond acceptors (Lipinski definition) is 1. The van der Waals surface area contributed by atoms with Gasteiger partial charge < -0.3 is 0 Å². The molecule has 29 heavy (non-hydrogen) atoms. The SMILES string of the molecule is CCCc1ccc(-c2cc(F)c(-c3ccc(CCC4CCCC4)s3)c(F)c2)cc1. The Morgan fingerprint density at radius 1 is 0.862 bits per heavy atom. The van der Waals surface area contributed by atoms with Gasteiger partial charge in [0.05, 0.1) is 5.56 Å². The van der Waals surface area contributed by atoms with Crippen molar-refractivity contribution in [3.8, 4) is 21.6 Å². The molecule has 1 aliphatic rings. The largest absolute Gasteiger partial charge is 0.206 e. The smallest absolute Gasteiger partial charge is 0.135 e. The van der Waals surface area contributed by atoms with E-state index < -0.39 is 11.6 Å². The second-order valence-corrected chi connectivity index (χ2v) is 9.39. The van der Waals surface area contributed by atoms with Crippen LogP contribution in [0.2, 0.25) is 0 Å². The standard InChI is InChI=1S/C26H28F2S/c1-2-5-18-8-11-20(12-9-18)21-16-23(27)26(24(28)17-21)25-15-14-22(29-25)13-10-19-6-3-4-7-19/h8-9,11-12,14-17,19H,2-7,10,13H2,1H3. The molecule has 152 valence electrons. The minimum absolute atomic E-state index is 0.105. The van der Waals surface area contributed by atoms with Crippen molar-refractivity contribution in [2.75, 3.05) is 0 Å². The third kappa shape index (κ3) is 4.78. The Kier molecular flexibility index (Phi) is 6.44. The molecule has 1 fully saturated rings. The summed E-state index contributed by atoms with van der Waals surface area (Å²) >= 11 is 1.53. The highest BCUT2D eigenvalue weighted by molar-refractivity contribution is 7.15. The Balaban J connectivity index is 1.52. The minimum Gasteiger partial charge on any atom is -0.206 e. The van der Waals surface area contributed by atoms with Crippen LogP contribution in [0.4, 0.5) is 8.78 Å². The summed E-state index contributed by atoms with van der Waals surface area (Å²) in [5.41, 5.74) is 2.79. The molecule has 2 aromatic carbocycles. The predicted molar refractivity (Wildman–Crippen MR) is 119 cm³/mol. The van der Waals surface area contributed by atoms with Crippen LogP contribution in [-0.4, -0.2) is 0 Å². The molecule has 0 spiro atoms. The lowest BCUT2D eigenvalue weighted by Gasteiger charge is -2.09. The van der Waals surface area contributed by atoms with Gasteiger partial charge in [0.15, 0.2) is 0 Å². The Bertz CT molecular complexity index is 926. The van der Waals surface area contributed by atoms with Crippen LogP contribution in [0.15, 0.2) is 48.5 Å². The summed E-state index contributed by atoms with van der Waals surface area (Å²) < 4.78 is 29.8. The molecule has 1 aliphatic carbocycles. The van der Waals surface area contributed by atoms with Gasteiger partial charge in [-0.2, -0.15) is 0 Å². The minimum atomic E-state index is -0.484. The number of thiophene rings is 1. The average molecular weight is 411 g/mol. The third-order valence-corrected chi connectivity index (χ3v) is 7.21. The summed E-state index contributed by atoms with van der Waals surface area (Å²) in [6, 6.07) is 14.8. The van der Waals surface area contributed by atoms with Crippen LogP contribution in [0.1, 0.15) is 55.9 Å². The van der Waals surface area contributed by atoms with Gasteiger partial charge in [0.2, 0.25) is 0 Å². The molecule has 1 heterocycles. The number of aryl methyl sites for hydroxylation is 2. The summed E-state index contributed by atoms with van der Waals surface area (Å²) in [5, 5.41) is 0. The van der Waals surface area contributed by atoms with E-state index in [9.17, 15) is 8.78 Å². The van der Waals surface area contributed by atoms with E-state index >= 15 is 0 Å². The van der Waals surface area contributed by atoms with Crippen molar-refractivity contribution in [1.82, 2.24) is 0 Å². The normalized spacial score (nSPS) is 14.6. The van der Waals surface area contributed by atoms with Crippen molar-refractivity contribution in [3.05, 3.63) is 70.6 Å². The first-order chi connectivity index (χ1) is 14.1. The molecule has 0 N–H and O–H groups in total. The zero-order chi connectivity index (χ0) is 20.2. The average Bonchev–Trinajstić information content (AvgIpc) is 3.39. The van der Waals surface area contributed by atoms with Crippen LogP contribution in [0, 0.1) is 17.6 Å². The quantitative estimate of drug-likeness (QED) is 0.366.